The van der Waals surface area contributed by atoms with Crippen LogP contribution in [0.25, 0.3) is 0 Å². The van der Waals surface area contributed by atoms with Crippen LogP contribution in [0.1, 0.15) is 106 Å². The minimum Gasteiger partial charge on any atom is -0.489 e. The van der Waals surface area contributed by atoms with Crippen molar-refractivity contribution in [1.82, 2.24) is 0 Å². The summed E-state index contributed by atoms with van der Waals surface area (Å²) in [6.07, 6.45) is 9.28. The van der Waals surface area contributed by atoms with E-state index in [9.17, 15) is 4.79 Å². The van der Waals surface area contributed by atoms with Gasteiger partial charge in [-0.1, -0.05) is 65.0 Å². The fourth-order valence-corrected chi connectivity index (χ4v) is 7.02. The maximum Gasteiger partial charge on any atom is 0.150 e. The standard InChI is InChI=1S/C29H36O4.2C2H6/c1-29-14-13-25-24-10-8-23(33-19-21-5-3-20(18-31)4-6-21)17-22(24)7-9-26(25)27(29)11-12-28(29)32-16-2-15-30;2*1-2/h3-6,8,10,17-18,25-28,30H,2,7,9,11-16,19H2,1H3;2*1-2H3. The van der Waals surface area contributed by atoms with Crippen LogP contribution in [0.3, 0.4) is 0 Å². The molecule has 0 aliphatic heterocycles. The molecule has 3 aliphatic rings. The number of carbonyl (C=O) groups excluding carboxylic acids is 1. The molecule has 0 saturated heterocycles. The second-order valence-electron chi connectivity index (χ2n) is 10.5. The monoisotopic (exact) mass is 508 g/mol. The first-order valence-corrected chi connectivity index (χ1v) is 14.6. The van der Waals surface area contributed by atoms with Crippen LogP contribution in [-0.4, -0.2) is 30.7 Å². The molecule has 0 bridgehead atoms. The SMILES string of the molecule is CC.CC.CC12CCC3c4ccc(OCc5ccc(C=O)cc5)cc4CCC3C1CCC2OCCCO. The van der Waals surface area contributed by atoms with Gasteiger partial charge in [-0.25, -0.2) is 0 Å². The van der Waals surface area contributed by atoms with Crippen molar-refractivity contribution in [2.75, 3.05) is 13.2 Å². The summed E-state index contributed by atoms with van der Waals surface area (Å²) in [5.74, 6) is 3.10. The summed E-state index contributed by atoms with van der Waals surface area (Å²) in [7, 11) is 0. The second-order valence-corrected chi connectivity index (χ2v) is 10.5. The average Bonchev–Trinajstić information content (AvgIpc) is 3.30. The zero-order valence-corrected chi connectivity index (χ0v) is 23.7. The van der Waals surface area contributed by atoms with Crippen LogP contribution in [0.5, 0.6) is 5.75 Å². The molecule has 2 aromatic rings. The number of hydrogen-bond donors (Lipinski definition) is 1. The van der Waals surface area contributed by atoms with E-state index in [1.807, 2.05) is 52.0 Å². The van der Waals surface area contributed by atoms with Gasteiger partial charge in [0.05, 0.1) is 6.10 Å². The maximum atomic E-state index is 10.8. The van der Waals surface area contributed by atoms with Crippen LogP contribution in [0.2, 0.25) is 0 Å². The van der Waals surface area contributed by atoms with Crippen LogP contribution in [0.15, 0.2) is 42.5 Å². The first kappa shape index (κ1) is 29.4. The lowest BCUT2D eigenvalue weighted by atomic mass is 9.55. The molecule has 0 radical (unpaired) electrons. The highest BCUT2D eigenvalue weighted by atomic mass is 16.5. The van der Waals surface area contributed by atoms with E-state index in [-0.39, 0.29) is 12.0 Å². The fraction of sp³-hybridized carbons (Fsp3) is 0.606. The number of aliphatic hydroxyl groups is 1. The second kappa shape index (κ2) is 14.1. The van der Waals surface area contributed by atoms with Crippen LogP contribution in [-0.2, 0) is 17.8 Å². The van der Waals surface area contributed by atoms with Crippen LogP contribution < -0.4 is 4.74 Å². The molecule has 204 valence electrons. The summed E-state index contributed by atoms with van der Waals surface area (Å²) >= 11 is 0. The van der Waals surface area contributed by atoms with Crippen molar-refractivity contribution in [1.29, 1.82) is 0 Å². The van der Waals surface area contributed by atoms with Gasteiger partial charge in [0, 0.05) is 18.8 Å². The quantitative estimate of drug-likeness (QED) is 0.292. The molecular weight excluding hydrogens is 460 g/mol. The number of aldehydes is 1. The predicted molar refractivity (Wildman–Crippen MR) is 151 cm³/mol. The molecule has 5 atom stereocenters. The summed E-state index contributed by atoms with van der Waals surface area (Å²) in [4.78, 5) is 10.8. The number of fused-ring (bicyclic) bond motifs is 5. The minimum atomic E-state index is 0.215. The third kappa shape index (κ3) is 6.46. The van der Waals surface area contributed by atoms with Crippen molar-refractivity contribution in [2.45, 2.75) is 98.2 Å². The number of rotatable bonds is 8. The van der Waals surface area contributed by atoms with Gasteiger partial charge in [0.15, 0.2) is 0 Å². The van der Waals surface area contributed by atoms with Crippen molar-refractivity contribution in [3.63, 3.8) is 0 Å². The topological polar surface area (TPSA) is 55.8 Å². The highest BCUT2D eigenvalue weighted by Gasteiger charge is 2.55. The Labute approximate surface area is 224 Å². The van der Waals surface area contributed by atoms with Crippen molar-refractivity contribution >= 4 is 6.29 Å². The molecule has 5 unspecified atom stereocenters. The molecule has 0 aromatic heterocycles. The van der Waals surface area contributed by atoms with Gasteiger partial charge in [0.1, 0.15) is 18.6 Å². The highest BCUT2D eigenvalue weighted by molar-refractivity contribution is 5.74. The third-order valence-corrected chi connectivity index (χ3v) is 8.75. The van der Waals surface area contributed by atoms with Crippen molar-refractivity contribution in [2.24, 2.45) is 17.3 Å². The number of hydrogen-bond acceptors (Lipinski definition) is 4. The molecule has 0 spiro atoms. The number of ether oxygens (including phenoxy) is 2. The van der Waals surface area contributed by atoms with Crippen LogP contribution in [0.4, 0.5) is 0 Å². The lowest BCUT2D eigenvalue weighted by Gasteiger charge is -2.50. The Balaban J connectivity index is 0.000000907. The Hall–Kier alpha value is -2.17. The van der Waals surface area contributed by atoms with Crippen molar-refractivity contribution in [3.8, 4) is 5.75 Å². The van der Waals surface area contributed by atoms with E-state index < -0.39 is 0 Å². The Morgan fingerprint density at radius 3 is 2.46 bits per heavy atom. The van der Waals surface area contributed by atoms with Gasteiger partial charge >= 0.3 is 0 Å². The van der Waals surface area contributed by atoms with E-state index in [1.54, 1.807) is 5.56 Å². The van der Waals surface area contributed by atoms with Gasteiger partial charge in [0.25, 0.3) is 0 Å². The van der Waals surface area contributed by atoms with E-state index in [2.05, 4.69) is 25.1 Å². The molecule has 0 heterocycles. The fourth-order valence-electron chi connectivity index (χ4n) is 7.02. The molecule has 4 nitrogen and oxygen atoms in total. The van der Waals surface area contributed by atoms with Crippen LogP contribution in [0, 0.1) is 17.3 Å². The lowest BCUT2D eigenvalue weighted by Crippen LogP contribution is -2.44. The van der Waals surface area contributed by atoms with Crippen molar-refractivity contribution in [3.05, 3.63) is 64.7 Å². The lowest BCUT2D eigenvalue weighted by molar-refractivity contribution is -0.0661. The molecule has 2 fully saturated rings. The molecule has 37 heavy (non-hydrogen) atoms. The first-order chi connectivity index (χ1) is 18.1. The van der Waals surface area contributed by atoms with E-state index in [1.165, 1.54) is 37.7 Å². The normalized spacial score (nSPS) is 27.3. The van der Waals surface area contributed by atoms with E-state index >= 15 is 0 Å². The molecule has 4 heteroatoms. The predicted octanol–water partition coefficient (Wildman–Crippen LogP) is 7.75. The Morgan fingerprint density at radius 1 is 1.00 bits per heavy atom. The number of aliphatic hydroxyl groups excluding tert-OH is 1. The third-order valence-electron chi connectivity index (χ3n) is 8.75. The van der Waals surface area contributed by atoms with E-state index in [0.29, 0.717) is 30.8 Å². The van der Waals surface area contributed by atoms with Gasteiger partial charge in [-0.2, -0.15) is 0 Å². The smallest absolute Gasteiger partial charge is 0.150 e. The Morgan fingerprint density at radius 2 is 1.76 bits per heavy atom. The highest BCUT2D eigenvalue weighted by Crippen LogP contribution is 2.61. The number of carbonyl (C=O) groups is 1. The summed E-state index contributed by atoms with van der Waals surface area (Å²) < 4.78 is 12.4. The van der Waals surface area contributed by atoms with Gasteiger partial charge < -0.3 is 14.6 Å². The molecule has 5 rings (SSSR count). The Bertz CT molecular complexity index is 969. The molecule has 2 saturated carbocycles. The maximum absolute atomic E-state index is 10.8. The molecular formula is C33H48O4. The number of aryl methyl sites for hydroxylation is 1. The summed E-state index contributed by atoms with van der Waals surface area (Å²) in [6.45, 7) is 11.9. The first-order valence-electron chi connectivity index (χ1n) is 14.6. The zero-order chi connectivity index (χ0) is 26.8. The summed E-state index contributed by atoms with van der Waals surface area (Å²) in [5, 5.41) is 9.11. The van der Waals surface area contributed by atoms with Gasteiger partial charge in [0.2, 0.25) is 0 Å². The molecule has 1 N–H and O–H groups in total. The van der Waals surface area contributed by atoms with Crippen molar-refractivity contribution < 1.29 is 19.4 Å². The number of benzene rings is 2. The summed E-state index contributed by atoms with van der Waals surface area (Å²) in [6, 6.07) is 14.3. The molecule has 0 amide bonds. The minimum absolute atomic E-state index is 0.215. The summed E-state index contributed by atoms with van der Waals surface area (Å²) in [5.41, 5.74) is 5.05. The van der Waals surface area contributed by atoms with Gasteiger partial charge in [-0.15, -0.1) is 0 Å². The van der Waals surface area contributed by atoms with E-state index in [0.717, 1.165) is 42.3 Å². The average molecular weight is 509 g/mol. The Kier molecular flexibility index (Phi) is 11.2. The zero-order valence-electron chi connectivity index (χ0n) is 23.7. The van der Waals surface area contributed by atoms with E-state index in [4.69, 9.17) is 14.6 Å². The molecule has 2 aromatic carbocycles. The molecule has 3 aliphatic carbocycles. The van der Waals surface area contributed by atoms with Gasteiger partial charge in [-0.05, 0) is 96.9 Å². The van der Waals surface area contributed by atoms with Gasteiger partial charge in [-0.3, -0.25) is 4.79 Å². The van der Waals surface area contributed by atoms with Crippen LogP contribution >= 0.6 is 0 Å². The largest absolute Gasteiger partial charge is 0.489 e.